The van der Waals surface area contributed by atoms with Crippen LogP contribution in [-0.4, -0.2) is 63.9 Å². The zero-order chi connectivity index (χ0) is 28.8. The number of ether oxygens (including phenoxy) is 3. The summed E-state index contributed by atoms with van der Waals surface area (Å²) in [7, 11) is 1.71. The predicted molar refractivity (Wildman–Crippen MR) is 153 cm³/mol. The molecule has 212 valence electrons. The van der Waals surface area contributed by atoms with Gasteiger partial charge < -0.3 is 14.2 Å². The SMILES string of the molecule is COCCN(CC1=CC(C)C=C(OC(C)(C)C(=O)OC(C)(C)C)C(C)=C1)Cc1nn(-c2ccccc2)nc1C. The van der Waals surface area contributed by atoms with E-state index in [0.717, 1.165) is 34.8 Å². The summed E-state index contributed by atoms with van der Waals surface area (Å²) in [6.07, 6.45) is 6.42. The molecular formula is C31H44N4O4. The van der Waals surface area contributed by atoms with Gasteiger partial charge in [-0.1, -0.05) is 37.3 Å². The maximum absolute atomic E-state index is 12.8. The normalized spacial score (nSPS) is 16.4. The number of carbonyl (C=O) groups is 1. The average molecular weight is 537 g/mol. The minimum Gasteiger partial charge on any atom is -0.476 e. The topological polar surface area (TPSA) is 78.7 Å². The number of hydrogen-bond donors (Lipinski definition) is 0. The van der Waals surface area contributed by atoms with Gasteiger partial charge in [0.2, 0.25) is 0 Å². The van der Waals surface area contributed by atoms with Crippen LogP contribution in [-0.2, 0) is 25.5 Å². The molecule has 0 bridgehead atoms. The number of esters is 1. The molecule has 8 nitrogen and oxygen atoms in total. The number of allylic oxidation sites excluding steroid dienone is 3. The highest BCUT2D eigenvalue weighted by atomic mass is 16.6. The van der Waals surface area contributed by atoms with Gasteiger partial charge in [0.1, 0.15) is 17.1 Å². The summed E-state index contributed by atoms with van der Waals surface area (Å²) < 4.78 is 17.3. The number of hydrogen-bond acceptors (Lipinski definition) is 7. The molecule has 1 aliphatic carbocycles. The summed E-state index contributed by atoms with van der Waals surface area (Å²) in [5.74, 6) is 0.413. The monoisotopic (exact) mass is 536 g/mol. The predicted octanol–water partition coefficient (Wildman–Crippen LogP) is 5.57. The third kappa shape index (κ3) is 8.90. The van der Waals surface area contributed by atoms with E-state index in [9.17, 15) is 4.79 Å². The molecular weight excluding hydrogens is 492 g/mol. The fourth-order valence-corrected chi connectivity index (χ4v) is 4.22. The molecule has 0 saturated heterocycles. The molecule has 1 aliphatic rings. The standard InChI is InChI=1S/C31H44N4O4/c1-22-17-25(19-23(2)28(18-22)38-31(7,8)29(36)39-30(4,5)6)20-34(15-16-37-9)21-27-24(3)32-35(33-27)26-13-11-10-12-14-26/h10-14,17-19,22H,15-16,20-21H2,1-9H3. The third-order valence-corrected chi connectivity index (χ3v) is 6.19. The fourth-order valence-electron chi connectivity index (χ4n) is 4.22. The molecule has 0 radical (unpaired) electrons. The Balaban J connectivity index is 1.77. The average Bonchev–Trinajstić information content (AvgIpc) is 3.14. The Kier molecular flexibility index (Phi) is 9.91. The summed E-state index contributed by atoms with van der Waals surface area (Å²) in [6.45, 7) is 17.9. The first-order valence-electron chi connectivity index (χ1n) is 13.5. The van der Waals surface area contributed by atoms with Crippen LogP contribution in [0.15, 0.2) is 65.5 Å². The van der Waals surface area contributed by atoms with Crippen LogP contribution in [0.2, 0.25) is 0 Å². The number of aromatic nitrogens is 3. The van der Waals surface area contributed by atoms with Crippen molar-refractivity contribution < 1.29 is 19.0 Å². The molecule has 0 fully saturated rings. The number of benzene rings is 1. The minimum absolute atomic E-state index is 0.114. The van der Waals surface area contributed by atoms with E-state index in [-0.39, 0.29) is 5.92 Å². The Morgan fingerprint density at radius 1 is 1.03 bits per heavy atom. The largest absolute Gasteiger partial charge is 0.476 e. The van der Waals surface area contributed by atoms with Crippen molar-refractivity contribution in [1.82, 2.24) is 19.9 Å². The summed E-state index contributed by atoms with van der Waals surface area (Å²) >= 11 is 0. The summed E-state index contributed by atoms with van der Waals surface area (Å²) in [4.78, 5) is 16.8. The number of aryl methyl sites for hydroxylation is 1. The van der Waals surface area contributed by atoms with Crippen molar-refractivity contribution in [2.75, 3.05) is 26.8 Å². The van der Waals surface area contributed by atoms with Gasteiger partial charge in [-0.25, -0.2) is 4.79 Å². The number of nitrogens with zero attached hydrogens (tertiary/aromatic N) is 4. The van der Waals surface area contributed by atoms with Crippen molar-refractivity contribution in [2.45, 2.75) is 73.1 Å². The van der Waals surface area contributed by atoms with E-state index >= 15 is 0 Å². The van der Waals surface area contributed by atoms with Gasteiger partial charge >= 0.3 is 5.97 Å². The molecule has 1 atom stereocenters. The second kappa shape index (κ2) is 12.7. The number of para-hydroxylation sites is 1. The van der Waals surface area contributed by atoms with E-state index in [1.165, 1.54) is 0 Å². The Hall–Kier alpha value is -3.23. The highest BCUT2D eigenvalue weighted by Gasteiger charge is 2.36. The van der Waals surface area contributed by atoms with Crippen molar-refractivity contribution in [1.29, 1.82) is 0 Å². The number of methoxy groups -OCH3 is 1. The maximum Gasteiger partial charge on any atom is 0.350 e. The molecule has 39 heavy (non-hydrogen) atoms. The lowest BCUT2D eigenvalue weighted by Gasteiger charge is -2.30. The number of rotatable bonds is 11. The van der Waals surface area contributed by atoms with Crippen molar-refractivity contribution in [3.63, 3.8) is 0 Å². The lowest BCUT2D eigenvalue weighted by atomic mass is 10.1. The lowest BCUT2D eigenvalue weighted by Crippen LogP contribution is -2.40. The Morgan fingerprint density at radius 3 is 2.36 bits per heavy atom. The molecule has 3 rings (SSSR count). The molecule has 1 heterocycles. The fraction of sp³-hybridized carbons (Fsp3) is 0.516. The van der Waals surface area contributed by atoms with E-state index in [0.29, 0.717) is 25.5 Å². The van der Waals surface area contributed by atoms with Crippen LogP contribution in [0.25, 0.3) is 5.69 Å². The van der Waals surface area contributed by atoms with E-state index < -0.39 is 17.2 Å². The summed E-state index contributed by atoms with van der Waals surface area (Å²) in [5, 5.41) is 9.42. The van der Waals surface area contributed by atoms with Gasteiger partial charge in [0.15, 0.2) is 5.60 Å². The van der Waals surface area contributed by atoms with Gasteiger partial charge in [-0.2, -0.15) is 15.0 Å². The van der Waals surface area contributed by atoms with Crippen LogP contribution in [0.3, 0.4) is 0 Å². The van der Waals surface area contributed by atoms with Gasteiger partial charge in [0.05, 0.1) is 18.0 Å². The summed E-state index contributed by atoms with van der Waals surface area (Å²) in [5.41, 5.74) is 3.18. The third-order valence-electron chi connectivity index (χ3n) is 6.19. The molecule has 0 amide bonds. The first-order valence-corrected chi connectivity index (χ1v) is 13.5. The molecule has 1 aromatic heterocycles. The quantitative estimate of drug-likeness (QED) is 0.348. The first-order chi connectivity index (χ1) is 18.3. The van der Waals surface area contributed by atoms with E-state index in [4.69, 9.17) is 19.3 Å². The molecule has 0 saturated carbocycles. The Morgan fingerprint density at radius 2 is 1.72 bits per heavy atom. The van der Waals surface area contributed by atoms with Crippen LogP contribution in [0.1, 0.15) is 59.9 Å². The zero-order valence-corrected chi connectivity index (χ0v) is 24.9. The van der Waals surface area contributed by atoms with Crippen LogP contribution in [0.4, 0.5) is 0 Å². The van der Waals surface area contributed by atoms with Crippen molar-refractivity contribution in [3.8, 4) is 5.69 Å². The van der Waals surface area contributed by atoms with Crippen LogP contribution < -0.4 is 0 Å². The van der Waals surface area contributed by atoms with E-state index in [2.05, 4.69) is 35.2 Å². The smallest absolute Gasteiger partial charge is 0.350 e. The molecule has 1 unspecified atom stereocenters. The Bertz CT molecular complexity index is 1220. The van der Waals surface area contributed by atoms with Crippen molar-refractivity contribution in [2.24, 2.45) is 5.92 Å². The van der Waals surface area contributed by atoms with Crippen LogP contribution in [0.5, 0.6) is 0 Å². The highest BCUT2D eigenvalue weighted by Crippen LogP contribution is 2.28. The maximum atomic E-state index is 12.8. The van der Waals surface area contributed by atoms with Gasteiger partial charge in [0, 0.05) is 26.7 Å². The van der Waals surface area contributed by atoms with Gasteiger partial charge in [-0.3, -0.25) is 4.90 Å². The van der Waals surface area contributed by atoms with Gasteiger partial charge in [0.25, 0.3) is 0 Å². The van der Waals surface area contributed by atoms with Crippen molar-refractivity contribution in [3.05, 3.63) is 76.9 Å². The lowest BCUT2D eigenvalue weighted by molar-refractivity contribution is -0.175. The number of carbonyl (C=O) groups excluding carboxylic acids is 1. The van der Waals surface area contributed by atoms with Crippen molar-refractivity contribution >= 4 is 5.97 Å². The van der Waals surface area contributed by atoms with E-state index in [1.54, 1.807) is 25.8 Å². The molecule has 1 aromatic carbocycles. The van der Waals surface area contributed by atoms with Gasteiger partial charge in [-0.05, 0) is 83.7 Å². The Labute approximate surface area is 233 Å². The van der Waals surface area contributed by atoms with Gasteiger partial charge in [-0.15, -0.1) is 0 Å². The van der Waals surface area contributed by atoms with E-state index in [1.807, 2.05) is 65.0 Å². The van der Waals surface area contributed by atoms with Crippen LogP contribution >= 0.6 is 0 Å². The minimum atomic E-state index is -1.12. The zero-order valence-electron chi connectivity index (χ0n) is 24.9. The molecule has 0 spiro atoms. The molecule has 0 N–H and O–H groups in total. The first kappa shape index (κ1) is 30.3. The molecule has 8 heteroatoms. The highest BCUT2D eigenvalue weighted by molar-refractivity contribution is 5.79. The molecule has 0 aliphatic heterocycles. The molecule has 2 aromatic rings. The summed E-state index contributed by atoms with van der Waals surface area (Å²) in [6, 6.07) is 9.93. The van der Waals surface area contributed by atoms with Crippen LogP contribution in [0, 0.1) is 12.8 Å². The second-order valence-corrected chi connectivity index (χ2v) is 11.6. The second-order valence-electron chi connectivity index (χ2n) is 11.6.